The minimum absolute atomic E-state index is 0.301. The lowest BCUT2D eigenvalue weighted by Gasteiger charge is -2.48. The van der Waals surface area contributed by atoms with Gasteiger partial charge in [-0.3, -0.25) is 4.90 Å². The highest BCUT2D eigenvalue weighted by atomic mass is 32.2. The molecule has 0 aromatic carbocycles. The van der Waals surface area contributed by atoms with Crippen LogP contribution < -0.4 is 5.73 Å². The van der Waals surface area contributed by atoms with Gasteiger partial charge in [0.25, 0.3) is 0 Å². The Morgan fingerprint density at radius 2 is 1.90 bits per heavy atom. The number of hydrogen-bond acceptors (Lipinski definition) is 5. The Morgan fingerprint density at radius 1 is 1.30 bits per heavy atom. The van der Waals surface area contributed by atoms with Crippen LogP contribution in [0.3, 0.4) is 0 Å². The third-order valence-electron chi connectivity index (χ3n) is 5.48. The fraction of sp³-hybridized carbons (Fsp3) is 1.00. The molecule has 2 fully saturated rings. The second kappa shape index (κ2) is 5.91. The number of hydrogen-bond donors (Lipinski definition) is 1. The lowest BCUT2D eigenvalue weighted by atomic mass is 9.90. The van der Waals surface area contributed by atoms with Crippen molar-refractivity contribution >= 4 is 9.84 Å². The number of sulfone groups is 1. The van der Waals surface area contributed by atoms with E-state index in [0.29, 0.717) is 12.6 Å². The van der Waals surface area contributed by atoms with Gasteiger partial charge in [-0.05, 0) is 52.9 Å². The van der Waals surface area contributed by atoms with Crippen LogP contribution in [0.5, 0.6) is 0 Å². The van der Waals surface area contributed by atoms with Gasteiger partial charge in [-0.2, -0.15) is 0 Å². The predicted molar refractivity (Wildman–Crippen MR) is 82.6 cm³/mol. The largest absolute Gasteiger partial charge is 0.329 e. The first kappa shape index (κ1) is 16.2. The highest BCUT2D eigenvalue weighted by molar-refractivity contribution is 7.91. The van der Waals surface area contributed by atoms with Crippen LogP contribution in [0.15, 0.2) is 0 Å². The molecule has 0 aromatic heterocycles. The molecule has 1 aliphatic carbocycles. The summed E-state index contributed by atoms with van der Waals surface area (Å²) in [7, 11) is 1.18. The van der Waals surface area contributed by atoms with E-state index >= 15 is 0 Å². The van der Waals surface area contributed by atoms with Crippen molar-refractivity contribution in [3.8, 4) is 0 Å². The van der Waals surface area contributed by atoms with E-state index in [2.05, 4.69) is 23.9 Å². The third-order valence-corrected chi connectivity index (χ3v) is 7.19. The van der Waals surface area contributed by atoms with Crippen molar-refractivity contribution in [1.82, 2.24) is 9.80 Å². The van der Waals surface area contributed by atoms with Crippen molar-refractivity contribution in [2.45, 2.75) is 48.9 Å². The second-order valence-corrected chi connectivity index (χ2v) is 8.89. The van der Waals surface area contributed by atoms with Gasteiger partial charge in [0.2, 0.25) is 0 Å². The van der Waals surface area contributed by atoms with Gasteiger partial charge in [0.15, 0.2) is 9.84 Å². The molecule has 2 unspecified atom stereocenters. The SMILES string of the molecule is CN1CCC(N(C)C2(CN)CCCC2S(C)(=O)=O)CC1. The molecule has 5 nitrogen and oxygen atoms in total. The maximum Gasteiger partial charge on any atom is 0.152 e. The van der Waals surface area contributed by atoms with Gasteiger partial charge in [-0.25, -0.2) is 8.42 Å². The van der Waals surface area contributed by atoms with Crippen LogP contribution >= 0.6 is 0 Å². The molecule has 0 amide bonds. The minimum atomic E-state index is -3.05. The Bertz CT molecular complexity index is 432. The lowest BCUT2D eigenvalue weighted by Crippen LogP contribution is -2.63. The molecule has 1 saturated heterocycles. The molecule has 6 heteroatoms. The summed E-state index contributed by atoms with van der Waals surface area (Å²) >= 11 is 0. The Hall–Kier alpha value is -0.170. The number of rotatable bonds is 4. The number of nitrogens with two attached hydrogens (primary N) is 1. The minimum Gasteiger partial charge on any atom is -0.329 e. The Labute approximate surface area is 123 Å². The number of piperidine rings is 1. The summed E-state index contributed by atoms with van der Waals surface area (Å²) in [6.07, 6.45) is 6.20. The van der Waals surface area contributed by atoms with Crippen molar-refractivity contribution in [1.29, 1.82) is 0 Å². The molecular formula is C14H29N3O2S. The lowest BCUT2D eigenvalue weighted by molar-refractivity contribution is 0.0489. The molecule has 0 radical (unpaired) electrons. The molecule has 1 aliphatic heterocycles. The summed E-state index contributed by atoms with van der Waals surface area (Å²) in [6, 6.07) is 0.456. The van der Waals surface area contributed by atoms with Crippen molar-refractivity contribution < 1.29 is 8.42 Å². The topological polar surface area (TPSA) is 66.6 Å². The molecule has 2 rings (SSSR count). The average molecular weight is 303 g/mol. The first-order chi connectivity index (χ1) is 9.31. The molecule has 2 atom stereocenters. The van der Waals surface area contributed by atoms with E-state index in [0.717, 1.165) is 45.2 Å². The standard InChI is InChI=1S/C14H29N3O2S/c1-16-9-6-12(7-10-16)17(2)14(11-15)8-4-5-13(14)20(3,18)19/h12-13H,4-11,15H2,1-3H3. The van der Waals surface area contributed by atoms with Crippen LogP contribution in [0, 0.1) is 0 Å². The highest BCUT2D eigenvalue weighted by Crippen LogP contribution is 2.40. The predicted octanol–water partition coefficient (Wildman–Crippen LogP) is 0.307. The smallest absolute Gasteiger partial charge is 0.152 e. The van der Waals surface area contributed by atoms with Gasteiger partial charge >= 0.3 is 0 Å². The zero-order valence-electron chi connectivity index (χ0n) is 13.0. The van der Waals surface area contributed by atoms with E-state index in [1.165, 1.54) is 6.26 Å². The summed E-state index contributed by atoms with van der Waals surface area (Å²) in [6.45, 7) is 2.60. The van der Waals surface area contributed by atoms with E-state index in [1.54, 1.807) is 0 Å². The first-order valence-electron chi connectivity index (χ1n) is 7.61. The Morgan fingerprint density at radius 3 is 2.40 bits per heavy atom. The normalized spacial score (nSPS) is 34.0. The van der Waals surface area contributed by atoms with Gasteiger partial charge in [0.05, 0.1) is 5.25 Å². The molecular weight excluding hydrogens is 274 g/mol. The quantitative estimate of drug-likeness (QED) is 0.809. The monoisotopic (exact) mass is 303 g/mol. The zero-order valence-corrected chi connectivity index (χ0v) is 13.8. The zero-order chi connectivity index (χ0) is 15.0. The van der Waals surface area contributed by atoms with Crippen LogP contribution in [0.1, 0.15) is 32.1 Å². The highest BCUT2D eigenvalue weighted by Gasteiger charge is 2.51. The fourth-order valence-electron chi connectivity index (χ4n) is 4.16. The van der Waals surface area contributed by atoms with Gasteiger partial charge in [0.1, 0.15) is 0 Å². The maximum absolute atomic E-state index is 12.2. The van der Waals surface area contributed by atoms with Gasteiger partial charge in [-0.1, -0.05) is 6.42 Å². The van der Waals surface area contributed by atoms with Crippen LogP contribution in [0.4, 0.5) is 0 Å². The molecule has 2 aliphatic rings. The Kier molecular flexibility index (Phi) is 4.79. The van der Waals surface area contributed by atoms with E-state index in [9.17, 15) is 8.42 Å². The number of likely N-dealkylation sites (N-methyl/N-ethyl adjacent to an activating group) is 1. The third kappa shape index (κ3) is 2.89. The summed E-state index contributed by atoms with van der Waals surface area (Å²) in [4.78, 5) is 4.65. The van der Waals surface area contributed by atoms with Gasteiger partial charge in [-0.15, -0.1) is 0 Å². The van der Waals surface area contributed by atoms with E-state index in [1.807, 2.05) is 0 Å². The molecule has 1 saturated carbocycles. The van der Waals surface area contributed by atoms with Crippen molar-refractivity contribution in [3.05, 3.63) is 0 Å². The van der Waals surface area contributed by atoms with Crippen LogP contribution in [0.2, 0.25) is 0 Å². The molecule has 0 aromatic rings. The summed E-state index contributed by atoms with van der Waals surface area (Å²) in [5.74, 6) is 0. The van der Waals surface area contributed by atoms with Crippen LogP contribution in [-0.2, 0) is 9.84 Å². The second-order valence-electron chi connectivity index (χ2n) is 6.66. The molecule has 118 valence electrons. The van der Waals surface area contributed by atoms with E-state index in [-0.39, 0.29) is 10.8 Å². The van der Waals surface area contributed by atoms with E-state index < -0.39 is 9.84 Å². The fourth-order valence-corrected chi connectivity index (χ4v) is 5.93. The van der Waals surface area contributed by atoms with Crippen LogP contribution in [0.25, 0.3) is 0 Å². The summed E-state index contributed by atoms with van der Waals surface area (Å²) in [5.41, 5.74) is 5.72. The maximum atomic E-state index is 12.2. The molecule has 20 heavy (non-hydrogen) atoms. The first-order valence-corrected chi connectivity index (χ1v) is 9.57. The van der Waals surface area contributed by atoms with Gasteiger partial charge < -0.3 is 10.6 Å². The summed E-state index contributed by atoms with van der Waals surface area (Å²) < 4.78 is 24.3. The molecule has 0 bridgehead atoms. The van der Waals surface area contributed by atoms with Crippen molar-refractivity contribution in [2.75, 3.05) is 40.0 Å². The van der Waals surface area contributed by atoms with Gasteiger partial charge in [0, 0.05) is 24.4 Å². The molecule has 1 heterocycles. The Balaban J connectivity index is 2.21. The number of nitrogens with zero attached hydrogens (tertiary/aromatic N) is 2. The van der Waals surface area contributed by atoms with Crippen molar-refractivity contribution in [3.63, 3.8) is 0 Å². The number of likely N-dealkylation sites (tertiary alicyclic amines) is 1. The summed E-state index contributed by atoms with van der Waals surface area (Å²) in [5, 5.41) is -0.301. The average Bonchev–Trinajstić information content (AvgIpc) is 2.84. The molecule has 2 N–H and O–H groups in total. The van der Waals surface area contributed by atoms with Crippen molar-refractivity contribution in [2.24, 2.45) is 5.73 Å². The molecule has 0 spiro atoms. The van der Waals surface area contributed by atoms with E-state index in [4.69, 9.17) is 5.73 Å². The van der Waals surface area contributed by atoms with Crippen LogP contribution in [-0.4, -0.2) is 75.0 Å².